The van der Waals surface area contributed by atoms with Crippen LogP contribution in [0.15, 0.2) is 4.99 Å². The Hall–Kier alpha value is -0.0800. The third-order valence-electron chi connectivity index (χ3n) is 4.38. The quantitative estimate of drug-likeness (QED) is 0.232. The van der Waals surface area contributed by atoms with Gasteiger partial charge in [0.2, 0.25) is 0 Å². The lowest BCUT2D eigenvalue weighted by Gasteiger charge is -2.24. The number of hydrogen-bond acceptors (Lipinski definition) is 3. The van der Waals surface area contributed by atoms with Crippen molar-refractivity contribution in [1.82, 2.24) is 15.1 Å². The Bertz CT molecular complexity index is 324. The highest BCUT2D eigenvalue weighted by Gasteiger charge is 2.21. The fraction of sp³-hybridized carbons (Fsp3) is 0.941. The van der Waals surface area contributed by atoms with E-state index in [-0.39, 0.29) is 24.0 Å². The lowest BCUT2D eigenvalue weighted by Crippen LogP contribution is -2.41. The van der Waals surface area contributed by atoms with Gasteiger partial charge in [0.05, 0.1) is 13.2 Å². The van der Waals surface area contributed by atoms with Crippen molar-refractivity contribution >= 4 is 29.9 Å². The largest absolute Gasteiger partial charge is 0.379 e. The SMILES string of the molecule is CCNC(=NCCN(C)C(C)CC)N(C)CCOCC1CC1.I. The summed E-state index contributed by atoms with van der Waals surface area (Å²) in [6.45, 7) is 11.9. The van der Waals surface area contributed by atoms with E-state index in [2.05, 4.69) is 50.0 Å². The van der Waals surface area contributed by atoms with Crippen LogP contribution in [0.3, 0.4) is 0 Å². The first-order chi connectivity index (χ1) is 10.6. The van der Waals surface area contributed by atoms with Crippen LogP contribution in [0.4, 0.5) is 0 Å². The Morgan fingerprint density at radius 1 is 1.26 bits per heavy atom. The molecule has 0 bridgehead atoms. The van der Waals surface area contributed by atoms with Crippen molar-refractivity contribution in [3.8, 4) is 0 Å². The molecule has 1 saturated carbocycles. The molecule has 1 aliphatic rings. The zero-order valence-electron chi connectivity index (χ0n) is 15.7. The van der Waals surface area contributed by atoms with Crippen LogP contribution in [-0.4, -0.2) is 75.3 Å². The molecule has 1 atom stereocenters. The van der Waals surface area contributed by atoms with Gasteiger partial charge in [0.25, 0.3) is 0 Å². The molecule has 0 aliphatic heterocycles. The van der Waals surface area contributed by atoms with E-state index < -0.39 is 0 Å². The molecule has 0 saturated heterocycles. The second-order valence-electron chi connectivity index (χ2n) is 6.41. The number of rotatable bonds is 11. The molecule has 0 aromatic carbocycles. The average Bonchev–Trinajstić information content (AvgIpc) is 3.33. The van der Waals surface area contributed by atoms with Gasteiger partial charge in [-0.15, -0.1) is 24.0 Å². The summed E-state index contributed by atoms with van der Waals surface area (Å²) < 4.78 is 5.71. The lowest BCUT2D eigenvalue weighted by atomic mass is 10.2. The highest BCUT2D eigenvalue weighted by Crippen LogP contribution is 2.28. The minimum absolute atomic E-state index is 0. The van der Waals surface area contributed by atoms with Crippen molar-refractivity contribution in [2.45, 2.75) is 46.1 Å². The Labute approximate surface area is 160 Å². The molecule has 6 heteroatoms. The summed E-state index contributed by atoms with van der Waals surface area (Å²) in [5.74, 6) is 1.82. The maximum atomic E-state index is 5.71. The van der Waals surface area contributed by atoms with Crippen LogP contribution in [0, 0.1) is 5.92 Å². The number of ether oxygens (including phenoxy) is 1. The minimum atomic E-state index is 0. The summed E-state index contributed by atoms with van der Waals surface area (Å²) in [5, 5.41) is 3.36. The highest BCUT2D eigenvalue weighted by atomic mass is 127. The number of aliphatic imine (C=N–C) groups is 1. The van der Waals surface area contributed by atoms with E-state index in [4.69, 9.17) is 9.73 Å². The van der Waals surface area contributed by atoms with Crippen LogP contribution >= 0.6 is 24.0 Å². The molecule has 1 fully saturated rings. The highest BCUT2D eigenvalue weighted by molar-refractivity contribution is 14.0. The summed E-state index contributed by atoms with van der Waals surface area (Å²) in [5.41, 5.74) is 0. The number of halogens is 1. The van der Waals surface area contributed by atoms with E-state index in [9.17, 15) is 0 Å². The fourth-order valence-electron chi connectivity index (χ4n) is 2.16. The van der Waals surface area contributed by atoms with Crippen molar-refractivity contribution in [2.24, 2.45) is 10.9 Å². The van der Waals surface area contributed by atoms with Crippen LogP contribution in [0.1, 0.15) is 40.0 Å². The van der Waals surface area contributed by atoms with Crippen molar-refractivity contribution in [2.75, 3.05) is 53.5 Å². The molecular formula is C17H37IN4O. The van der Waals surface area contributed by atoms with Gasteiger partial charge in [0.15, 0.2) is 5.96 Å². The number of nitrogens with one attached hydrogen (secondary N) is 1. The molecule has 1 rings (SSSR count). The summed E-state index contributed by atoms with van der Waals surface area (Å²) in [6, 6.07) is 0.617. The first kappa shape index (κ1) is 22.9. The Balaban J connectivity index is 0.00000484. The molecule has 0 amide bonds. The van der Waals surface area contributed by atoms with Gasteiger partial charge in [-0.05, 0) is 46.1 Å². The molecule has 5 nitrogen and oxygen atoms in total. The summed E-state index contributed by atoms with van der Waals surface area (Å²) in [4.78, 5) is 9.26. The van der Waals surface area contributed by atoms with Crippen LogP contribution in [-0.2, 0) is 4.74 Å². The first-order valence-electron chi connectivity index (χ1n) is 8.85. The number of nitrogens with zero attached hydrogens (tertiary/aromatic N) is 3. The second-order valence-corrected chi connectivity index (χ2v) is 6.41. The molecule has 0 aromatic rings. The number of likely N-dealkylation sites (N-methyl/N-ethyl adjacent to an activating group) is 2. The molecule has 138 valence electrons. The Kier molecular flexibility index (Phi) is 13.2. The molecule has 0 aromatic heterocycles. The van der Waals surface area contributed by atoms with Gasteiger partial charge >= 0.3 is 0 Å². The summed E-state index contributed by atoms with van der Waals surface area (Å²) >= 11 is 0. The molecule has 1 N–H and O–H groups in total. The third kappa shape index (κ3) is 10.4. The molecular weight excluding hydrogens is 403 g/mol. The van der Waals surface area contributed by atoms with Crippen molar-refractivity contribution in [3.63, 3.8) is 0 Å². The van der Waals surface area contributed by atoms with Gasteiger partial charge in [-0.3, -0.25) is 4.99 Å². The van der Waals surface area contributed by atoms with Gasteiger partial charge in [0.1, 0.15) is 0 Å². The van der Waals surface area contributed by atoms with E-state index in [1.165, 1.54) is 19.3 Å². The third-order valence-corrected chi connectivity index (χ3v) is 4.38. The van der Waals surface area contributed by atoms with Crippen LogP contribution in [0.25, 0.3) is 0 Å². The van der Waals surface area contributed by atoms with Crippen molar-refractivity contribution < 1.29 is 4.74 Å². The zero-order valence-corrected chi connectivity index (χ0v) is 18.0. The molecule has 1 aliphatic carbocycles. The second kappa shape index (κ2) is 13.2. The normalized spacial score (nSPS) is 16.2. The molecule has 0 spiro atoms. The maximum absolute atomic E-state index is 5.71. The number of hydrogen-bond donors (Lipinski definition) is 1. The Morgan fingerprint density at radius 3 is 2.52 bits per heavy atom. The zero-order chi connectivity index (χ0) is 16.4. The molecule has 0 radical (unpaired) electrons. The summed E-state index contributed by atoms with van der Waals surface area (Å²) in [6.07, 6.45) is 3.88. The van der Waals surface area contributed by atoms with Gasteiger partial charge in [0, 0.05) is 39.3 Å². The predicted molar refractivity (Wildman–Crippen MR) is 110 cm³/mol. The van der Waals surface area contributed by atoms with E-state index in [1.807, 2.05) is 0 Å². The minimum Gasteiger partial charge on any atom is -0.379 e. The van der Waals surface area contributed by atoms with E-state index >= 15 is 0 Å². The molecule has 0 heterocycles. The van der Waals surface area contributed by atoms with Crippen molar-refractivity contribution in [3.05, 3.63) is 0 Å². The number of guanidine groups is 1. The average molecular weight is 440 g/mol. The first-order valence-corrected chi connectivity index (χ1v) is 8.85. The topological polar surface area (TPSA) is 40.1 Å². The van der Waals surface area contributed by atoms with Crippen LogP contribution in [0.2, 0.25) is 0 Å². The molecule has 23 heavy (non-hydrogen) atoms. The summed E-state index contributed by atoms with van der Waals surface area (Å²) in [7, 11) is 4.26. The Morgan fingerprint density at radius 2 is 1.96 bits per heavy atom. The molecule has 1 unspecified atom stereocenters. The van der Waals surface area contributed by atoms with Gasteiger partial charge in [-0.1, -0.05) is 6.92 Å². The van der Waals surface area contributed by atoms with Gasteiger partial charge in [-0.2, -0.15) is 0 Å². The van der Waals surface area contributed by atoms with Gasteiger partial charge < -0.3 is 19.9 Å². The maximum Gasteiger partial charge on any atom is 0.193 e. The smallest absolute Gasteiger partial charge is 0.193 e. The van der Waals surface area contributed by atoms with E-state index in [0.717, 1.165) is 51.3 Å². The fourth-order valence-corrected chi connectivity index (χ4v) is 2.16. The van der Waals surface area contributed by atoms with Crippen LogP contribution in [0.5, 0.6) is 0 Å². The van der Waals surface area contributed by atoms with Crippen LogP contribution < -0.4 is 5.32 Å². The standard InChI is InChI=1S/C17H36N4O.HI/c1-6-15(3)20(4)11-10-19-17(18-7-2)21(5)12-13-22-14-16-8-9-16;/h15-16H,6-14H2,1-5H3,(H,18,19);1H. The van der Waals surface area contributed by atoms with Gasteiger partial charge in [-0.25, -0.2) is 0 Å². The van der Waals surface area contributed by atoms with E-state index in [0.29, 0.717) is 6.04 Å². The van der Waals surface area contributed by atoms with Crippen molar-refractivity contribution in [1.29, 1.82) is 0 Å². The monoisotopic (exact) mass is 440 g/mol. The van der Waals surface area contributed by atoms with E-state index in [1.54, 1.807) is 0 Å². The lowest BCUT2D eigenvalue weighted by molar-refractivity contribution is 0.115. The predicted octanol–water partition coefficient (Wildman–Crippen LogP) is 2.66.